The Morgan fingerprint density at radius 1 is 0.500 bits per heavy atom. The quantitative estimate of drug-likeness (QED) is 0.0272. The van der Waals surface area contributed by atoms with Crippen molar-refractivity contribution in [1.82, 2.24) is 5.32 Å². The molecule has 0 saturated heterocycles. The molecule has 0 aliphatic rings. The minimum atomic E-state index is -4.61. The first-order valence-electron chi connectivity index (χ1n) is 29.0. The van der Waals surface area contributed by atoms with Crippen molar-refractivity contribution in [2.75, 3.05) is 40.9 Å². The molecule has 0 rings (SSSR count). The van der Waals surface area contributed by atoms with Crippen LogP contribution in [0.1, 0.15) is 271 Å². The van der Waals surface area contributed by atoms with Crippen molar-refractivity contribution in [3.8, 4) is 0 Å². The first-order valence-corrected chi connectivity index (χ1v) is 30.5. The SMILES string of the molecule is CCCCCCC/C=C/CC/C=C/CC/C=C/C(O)C(COP(=O)([O-])OCC[N+](C)(C)C)NC(=O)CCCCCCCCCCCCCCCCC/C=C\CCCCCCCCCCCCCC. The lowest BCUT2D eigenvalue weighted by molar-refractivity contribution is -0.870. The lowest BCUT2D eigenvalue weighted by Gasteiger charge is -2.29. The van der Waals surface area contributed by atoms with Crippen LogP contribution in [0.3, 0.4) is 0 Å². The molecule has 0 aromatic heterocycles. The molecule has 400 valence electrons. The Kier molecular flexibility index (Phi) is 49.3. The number of phosphoric acid groups is 1. The van der Waals surface area contributed by atoms with Crippen LogP contribution in [0, 0.1) is 0 Å². The van der Waals surface area contributed by atoms with Crippen molar-refractivity contribution in [1.29, 1.82) is 0 Å². The Labute approximate surface area is 422 Å². The summed E-state index contributed by atoms with van der Waals surface area (Å²) in [5.74, 6) is -0.209. The van der Waals surface area contributed by atoms with Gasteiger partial charge in [-0.05, 0) is 70.6 Å². The fraction of sp³-hybridized carbons (Fsp3) is 0.847. The highest BCUT2D eigenvalue weighted by Crippen LogP contribution is 2.38. The second-order valence-electron chi connectivity index (χ2n) is 21.0. The Balaban J connectivity index is 4.10. The van der Waals surface area contributed by atoms with Crippen molar-refractivity contribution in [2.45, 2.75) is 283 Å². The molecule has 3 atom stereocenters. The molecule has 0 saturated carbocycles. The predicted molar refractivity (Wildman–Crippen MR) is 293 cm³/mol. The minimum absolute atomic E-state index is 0.00897. The van der Waals surface area contributed by atoms with E-state index in [-0.39, 0.29) is 12.5 Å². The highest BCUT2D eigenvalue weighted by Gasteiger charge is 2.23. The van der Waals surface area contributed by atoms with Gasteiger partial charge < -0.3 is 28.8 Å². The van der Waals surface area contributed by atoms with Crippen molar-refractivity contribution >= 4 is 13.7 Å². The normalized spacial score (nSPS) is 14.3. The van der Waals surface area contributed by atoms with Crippen LogP contribution in [-0.4, -0.2) is 68.5 Å². The second-order valence-corrected chi connectivity index (χ2v) is 22.4. The van der Waals surface area contributed by atoms with E-state index in [1.54, 1.807) is 6.08 Å². The Bertz CT molecular complexity index is 1250. The molecule has 0 radical (unpaired) electrons. The van der Waals surface area contributed by atoms with Gasteiger partial charge in [0, 0.05) is 6.42 Å². The molecule has 1 amide bonds. The molecule has 2 N–H and O–H groups in total. The summed E-state index contributed by atoms with van der Waals surface area (Å²) in [6, 6.07) is -0.909. The number of carbonyl (C=O) groups is 1. The van der Waals surface area contributed by atoms with E-state index < -0.39 is 26.6 Å². The maximum absolute atomic E-state index is 12.9. The van der Waals surface area contributed by atoms with Crippen LogP contribution in [0.4, 0.5) is 0 Å². The van der Waals surface area contributed by atoms with E-state index in [2.05, 4.69) is 55.6 Å². The lowest BCUT2D eigenvalue weighted by Crippen LogP contribution is -2.45. The molecular formula is C59H113N2O6P. The van der Waals surface area contributed by atoms with Gasteiger partial charge in [-0.25, -0.2) is 0 Å². The number of carbonyl (C=O) groups excluding carboxylic acids is 1. The van der Waals surface area contributed by atoms with Gasteiger partial charge in [-0.3, -0.25) is 9.36 Å². The molecule has 9 heteroatoms. The average Bonchev–Trinajstić information content (AvgIpc) is 3.30. The third kappa shape index (κ3) is 52.3. The summed E-state index contributed by atoms with van der Waals surface area (Å²) in [7, 11) is 1.24. The number of nitrogens with one attached hydrogen (secondary N) is 1. The summed E-state index contributed by atoms with van der Waals surface area (Å²) in [5.41, 5.74) is 0. The number of likely N-dealkylation sites (N-methyl/N-ethyl adjacent to an activating group) is 1. The van der Waals surface area contributed by atoms with E-state index in [9.17, 15) is 19.4 Å². The molecular weight excluding hydrogens is 864 g/mol. The minimum Gasteiger partial charge on any atom is -0.756 e. The molecule has 0 bridgehead atoms. The maximum atomic E-state index is 12.9. The molecule has 0 spiro atoms. The van der Waals surface area contributed by atoms with E-state index in [1.807, 2.05) is 27.2 Å². The van der Waals surface area contributed by atoms with Gasteiger partial charge in [-0.1, -0.05) is 242 Å². The number of unbranched alkanes of at least 4 members (excludes halogenated alkanes) is 34. The van der Waals surface area contributed by atoms with Gasteiger partial charge in [0.05, 0.1) is 39.9 Å². The van der Waals surface area contributed by atoms with Gasteiger partial charge in [0.2, 0.25) is 5.91 Å². The summed E-state index contributed by atoms with van der Waals surface area (Å²) in [5, 5.41) is 13.8. The second kappa shape index (κ2) is 50.4. The van der Waals surface area contributed by atoms with Crippen LogP contribution < -0.4 is 10.2 Å². The number of quaternary nitrogens is 1. The highest BCUT2D eigenvalue weighted by molar-refractivity contribution is 7.45. The van der Waals surface area contributed by atoms with Crippen molar-refractivity contribution in [3.63, 3.8) is 0 Å². The number of aliphatic hydroxyl groups excluding tert-OH is 1. The van der Waals surface area contributed by atoms with Gasteiger partial charge in [-0.15, -0.1) is 0 Å². The van der Waals surface area contributed by atoms with Gasteiger partial charge in [0.25, 0.3) is 7.82 Å². The lowest BCUT2D eigenvalue weighted by atomic mass is 10.0. The van der Waals surface area contributed by atoms with Crippen LogP contribution in [0.25, 0.3) is 0 Å². The van der Waals surface area contributed by atoms with Crippen molar-refractivity contribution in [3.05, 3.63) is 48.6 Å². The number of rotatable bonds is 53. The predicted octanol–water partition coefficient (Wildman–Crippen LogP) is 16.9. The molecule has 0 aromatic carbocycles. The summed E-state index contributed by atoms with van der Waals surface area (Å²) >= 11 is 0. The van der Waals surface area contributed by atoms with Crippen LogP contribution >= 0.6 is 7.82 Å². The zero-order valence-electron chi connectivity index (χ0n) is 45.6. The summed E-state index contributed by atoms with van der Waals surface area (Å²) in [6.45, 7) is 4.62. The summed E-state index contributed by atoms with van der Waals surface area (Å²) in [6.07, 6.45) is 66.3. The third-order valence-corrected chi connectivity index (χ3v) is 14.0. The van der Waals surface area contributed by atoms with Crippen LogP contribution in [0.2, 0.25) is 0 Å². The van der Waals surface area contributed by atoms with E-state index >= 15 is 0 Å². The Morgan fingerprint density at radius 2 is 0.824 bits per heavy atom. The largest absolute Gasteiger partial charge is 0.756 e. The van der Waals surface area contributed by atoms with E-state index in [4.69, 9.17) is 9.05 Å². The first-order chi connectivity index (χ1) is 33.0. The number of hydrogen-bond donors (Lipinski definition) is 2. The third-order valence-electron chi connectivity index (χ3n) is 13.0. The average molecular weight is 978 g/mol. The number of amides is 1. The van der Waals surface area contributed by atoms with Crippen molar-refractivity contribution in [2.24, 2.45) is 0 Å². The van der Waals surface area contributed by atoms with Crippen molar-refractivity contribution < 1.29 is 32.9 Å². The van der Waals surface area contributed by atoms with Gasteiger partial charge >= 0.3 is 0 Å². The molecule has 8 nitrogen and oxygen atoms in total. The van der Waals surface area contributed by atoms with Gasteiger partial charge in [0.1, 0.15) is 13.2 Å². The maximum Gasteiger partial charge on any atom is 0.268 e. The summed E-state index contributed by atoms with van der Waals surface area (Å²) in [4.78, 5) is 25.4. The first kappa shape index (κ1) is 66.5. The molecule has 0 fully saturated rings. The Hall–Kier alpha value is -1.54. The highest BCUT2D eigenvalue weighted by atomic mass is 31.2. The number of allylic oxidation sites excluding steroid dienone is 7. The fourth-order valence-electron chi connectivity index (χ4n) is 8.42. The molecule has 0 aromatic rings. The van der Waals surface area contributed by atoms with Crippen LogP contribution in [0.5, 0.6) is 0 Å². The topological polar surface area (TPSA) is 108 Å². The zero-order valence-corrected chi connectivity index (χ0v) is 46.5. The number of phosphoric ester groups is 1. The molecule has 0 aliphatic heterocycles. The Morgan fingerprint density at radius 3 is 1.19 bits per heavy atom. The monoisotopic (exact) mass is 977 g/mol. The molecule has 68 heavy (non-hydrogen) atoms. The van der Waals surface area contributed by atoms with E-state index in [0.29, 0.717) is 17.4 Å². The van der Waals surface area contributed by atoms with E-state index in [1.165, 1.54) is 205 Å². The number of hydrogen-bond acceptors (Lipinski definition) is 6. The van der Waals surface area contributed by atoms with Gasteiger partial charge in [0.15, 0.2) is 0 Å². The molecule has 0 aliphatic carbocycles. The van der Waals surface area contributed by atoms with Crippen LogP contribution in [-0.2, 0) is 18.4 Å². The molecule has 3 unspecified atom stereocenters. The fourth-order valence-corrected chi connectivity index (χ4v) is 9.14. The van der Waals surface area contributed by atoms with Gasteiger partial charge in [-0.2, -0.15) is 0 Å². The number of nitrogens with zero attached hydrogens (tertiary/aromatic N) is 1. The number of aliphatic hydroxyl groups is 1. The van der Waals surface area contributed by atoms with E-state index in [0.717, 1.165) is 44.9 Å². The standard InChI is InChI=1S/C59H113N2O6P/c1-6-8-10-12-14-16-18-20-22-23-24-25-26-27-28-29-30-31-32-33-34-35-36-37-39-41-43-45-47-49-51-53-59(63)60-57(56-67-68(64,65)66-55-54-61(3,4)5)58(62)52-50-48-46-44-42-40-38-21-19-17-15-13-11-9-7-2/h19,21,27-28,42,44,50,52,57-58,62H,6-18,20,22-26,29-41,43,45-49,51,53-56H2,1-5H3,(H-,60,63,64,65)/b21-19+,28-27-,44-42+,52-50+. The summed E-state index contributed by atoms with van der Waals surface area (Å²) < 4.78 is 23.3. The molecule has 0 heterocycles. The zero-order chi connectivity index (χ0) is 49.9. The smallest absolute Gasteiger partial charge is 0.268 e. The van der Waals surface area contributed by atoms with Crippen LogP contribution in [0.15, 0.2) is 48.6 Å².